The molecule has 0 atom stereocenters. The van der Waals surface area contributed by atoms with Crippen LogP contribution in [-0.4, -0.2) is 18.0 Å². The van der Waals surface area contributed by atoms with Crippen LogP contribution in [0.5, 0.6) is 11.5 Å². The first-order valence-electron chi connectivity index (χ1n) is 10.4. The van der Waals surface area contributed by atoms with E-state index in [4.69, 9.17) is 4.74 Å². The Balaban J connectivity index is 1.32. The second-order valence-corrected chi connectivity index (χ2v) is 7.23. The predicted molar refractivity (Wildman–Crippen MR) is 129 cm³/mol. The van der Waals surface area contributed by atoms with Crippen molar-refractivity contribution in [1.29, 1.82) is 0 Å². The number of nitrogens with zero attached hydrogens (tertiary/aromatic N) is 1. The van der Waals surface area contributed by atoms with E-state index in [2.05, 4.69) is 15.8 Å². The highest BCUT2D eigenvalue weighted by molar-refractivity contribution is 6.04. The fraction of sp³-hybridized carbons (Fsp3) is 0. The van der Waals surface area contributed by atoms with E-state index < -0.39 is 11.7 Å². The molecule has 0 heterocycles. The van der Waals surface area contributed by atoms with Gasteiger partial charge in [-0.15, -0.1) is 0 Å². The number of hydrogen-bond acceptors (Lipinski definition) is 4. The van der Waals surface area contributed by atoms with Gasteiger partial charge in [0.15, 0.2) is 0 Å². The summed E-state index contributed by atoms with van der Waals surface area (Å²) in [5, 5.41) is 6.70. The topological polar surface area (TPSA) is 79.8 Å². The smallest absolute Gasteiger partial charge is 0.271 e. The van der Waals surface area contributed by atoms with Gasteiger partial charge in [0.2, 0.25) is 0 Å². The Morgan fingerprint density at radius 3 is 2.12 bits per heavy atom. The van der Waals surface area contributed by atoms with E-state index in [9.17, 15) is 14.0 Å². The number of ether oxygens (including phenoxy) is 1. The number of hydrazone groups is 1. The van der Waals surface area contributed by atoms with E-state index in [-0.39, 0.29) is 5.91 Å². The van der Waals surface area contributed by atoms with E-state index in [0.717, 1.165) is 11.3 Å². The lowest BCUT2D eigenvalue weighted by atomic mass is 10.1. The van der Waals surface area contributed by atoms with E-state index in [1.54, 1.807) is 30.3 Å². The molecule has 2 N–H and O–H groups in total. The standard InChI is InChI=1S/C27H20FN3O3/c28-22-13-9-20(10-14-22)26(32)30-23-15-11-21(12-16-23)27(33)31-29-18-19-5-4-8-25(17-19)34-24-6-2-1-3-7-24/h1-18H,(H,30,32)(H,31,33). The third kappa shape index (κ3) is 6.14. The Hall–Kier alpha value is -4.78. The molecule has 0 bridgehead atoms. The summed E-state index contributed by atoms with van der Waals surface area (Å²) in [4.78, 5) is 24.6. The maximum Gasteiger partial charge on any atom is 0.271 e. The summed E-state index contributed by atoms with van der Waals surface area (Å²) in [5.74, 6) is 0.189. The molecule has 0 aliphatic carbocycles. The number of nitrogens with one attached hydrogen (secondary N) is 2. The number of para-hydroxylation sites is 1. The maximum atomic E-state index is 13.0. The number of amides is 2. The Morgan fingerprint density at radius 1 is 0.735 bits per heavy atom. The summed E-state index contributed by atoms with van der Waals surface area (Å²) in [6.45, 7) is 0. The molecule has 0 aromatic heterocycles. The Kier molecular flexibility index (Phi) is 7.05. The van der Waals surface area contributed by atoms with Crippen molar-refractivity contribution in [1.82, 2.24) is 5.43 Å². The van der Waals surface area contributed by atoms with Crippen LogP contribution in [0.3, 0.4) is 0 Å². The highest BCUT2D eigenvalue weighted by atomic mass is 19.1. The van der Waals surface area contributed by atoms with Gasteiger partial charge in [-0.2, -0.15) is 5.10 Å². The average molecular weight is 453 g/mol. The molecule has 0 unspecified atom stereocenters. The first-order chi connectivity index (χ1) is 16.6. The molecule has 0 spiro atoms. The van der Waals surface area contributed by atoms with Gasteiger partial charge in [-0.1, -0.05) is 30.3 Å². The summed E-state index contributed by atoms with van der Waals surface area (Å²) >= 11 is 0. The molecule has 2 amide bonds. The number of rotatable bonds is 7. The van der Waals surface area contributed by atoms with E-state index in [0.29, 0.717) is 22.6 Å². The monoisotopic (exact) mass is 453 g/mol. The highest BCUT2D eigenvalue weighted by Crippen LogP contribution is 2.21. The molecule has 34 heavy (non-hydrogen) atoms. The van der Waals surface area contributed by atoms with Crippen molar-refractivity contribution >= 4 is 23.7 Å². The van der Waals surface area contributed by atoms with Crippen molar-refractivity contribution in [2.75, 3.05) is 5.32 Å². The van der Waals surface area contributed by atoms with Crippen molar-refractivity contribution < 1.29 is 18.7 Å². The molecule has 0 aliphatic rings. The van der Waals surface area contributed by atoms with Gasteiger partial charge in [0, 0.05) is 16.8 Å². The van der Waals surface area contributed by atoms with Crippen LogP contribution in [0.15, 0.2) is 108 Å². The average Bonchev–Trinajstić information content (AvgIpc) is 2.86. The molecular formula is C27H20FN3O3. The predicted octanol–water partition coefficient (Wildman–Crippen LogP) is 5.63. The quantitative estimate of drug-likeness (QED) is 0.281. The Bertz CT molecular complexity index is 1310. The second kappa shape index (κ2) is 10.7. The molecule has 4 rings (SSSR count). The van der Waals surface area contributed by atoms with Crippen LogP contribution >= 0.6 is 0 Å². The van der Waals surface area contributed by atoms with Crippen LogP contribution in [0, 0.1) is 5.82 Å². The van der Waals surface area contributed by atoms with Crippen LogP contribution in [0.4, 0.5) is 10.1 Å². The summed E-state index contributed by atoms with van der Waals surface area (Å²) in [7, 11) is 0. The fourth-order valence-corrected chi connectivity index (χ4v) is 3.02. The van der Waals surface area contributed by atoms with Crippen LogP contribution in [-0.2, 0) is 0 Å². The van der Waals surface area contributed by atoms with Crippen molar-refractivity contribution in [2.45, 2.75) is 0 Å². The van der Waals surface area contributed by atoms with Gasteiger partial charge in [-0.05, 0) is 78.4 Å². The van der Waals surface area contributed by atoms with Gasteiger partial charge in [-0.25, -0.2) is 9.82 Å². The number of carbonyl (C=O) groups is 2. The van der Waals surface area contributed by atoms with Crippen molar-refractivity contribution in [3.8, 4) is 11.5 Å². The Morgan fingerprint density at radius 2 is 1.38 bits per heavy atom. The lowest BCUT2D eigenvalue weighted by Gasteiger charge is -2.07. The Labute approximate surface area is 195 Å². The number of carbonyl (C=O) groups excluding carboxylic acids is 2. The van der Waals surface area contributed by atoms with Crippen molar-refractivity contribution in [3.63, 3.8) is 0 Å². The summed E-state index contributed by atoms with van der Waals surface area (Å²) in [6.07, 6.45) is 1.52. The first kappa shape index (κ1) is 22.4. The van der Waals surface area contributed by atoms with Gasteiger partial charge in [0.1, 0.15) is 17.3 Å². The molecule has 0 saturated heterocycles. The van der Waals surface area contributed by atoms with Crippen LogP contribution in [0.2, 0.25) is 0 Å². The lowest BCUT2D eigenvalue weighted by molar-refractivity contribution is 0.0954. The van der Waals surface area contributed by atoms with E-state index in [1.165, 1.54) is 30.5 Å². The molecule has 4 aromatic carbocycles. The van der Waals surface area contributed by atoms with Gasteiger partial charge < -0.3 is 10.1 Å². The number of hydrogen-bond donors (Lipinski definition) is 2. The first-order valence-corrected chi connectivity index (χ1v) is 10.4. The van der Waals surface area contributed by atoms with Crippen molar-refractivity contribution in [2.24, 2.45) is 5.10 Å². The molecule has 0 fully saturated rings. The lowest BCUT2D eigenvalue weighted by Crippen LogP contribution is -2.17. The summed E-state index contributed by atoms with van der Waals surface area (Å²) in [5.41, 5.74) is 4.44. The third-order valence-corrected chi connectivity index (χ3v) is 4.73. The van der Waals surface area contributed by atoms with Crippen LogP contribution < -0.4 is 15.5 Å². The summed E-state index contributed by atoms with van der Waals surface area (Å²) < 4.78 is 18.8. The largest absolute Gasteiger partial charge is 0.457 e. The van der Waals surface area contributed by atoms with E-state index >= 15 is 0 Å². The van der Waals surface area contributed by atoms with Gasteiger partial charge in [0.25, 0.3) is 11.8 Å². The molecule has 0 saturated carbocycles. The minimum Gasteiger partial charge on any atom is -0.457 e. The SMILES string of the molecule is O=C(NN=Cc1cccc(Oc2ccccc2)c1)c1ccc(NC(=O)c2ccc(F)cc2)cc1. The molecule has 7 heteroatoms. The number of anilines is 1. The molecule has 6 nitrogen and oxygen atoms in total. The molecule has 0 aliphatic heterocycles. The normalized spacial score (nSPS) is 10.6. The van der Waals surface area contributed by atoms with Gasteiger partial charge >= 0.3 is 0 Å². The zero-order chi connectivity index (χ0) is 23.8. The van der Waals surface area contributed by atoms with E-state index in [1.807, 2.05) is 48.5 Å². The van der Waals surface area contributed by atoms with Gasteiger partial charge in [0.05, 0.1) is 6.21 Å². The maximum absolute atomic E-state index is 13.0. The minimum absolute atomic E-state index is 0.329. The van der Waals surface area contributed by atoms with Crippen LogP contribution in [0.25, 0.3) is 0 Å². The number of benzene rings is 4. The van der Waals surface area contributed by atoms with Crippen LogP contribution in [0.1, 0.15) is 26.3 Å². The highest BCUT2D eigenvalue weighted by Gasteiger charge is 2.08. The minimum atomic E-state index is -0.414. The zero-order valence-electron chi connectivity index (χ0n) is 17.9. The molecular weight excluding hydrogens is 433 g/mol. The molecule has 0 radical (unpaired) electrons. The van der Waals surface area contributed by atoms with Crippen molar-refractivity contribution in [3.05, 3.63) is 126 Å². The zero-order valence-corrected chi connectivity index (χ0v) is 17.9. The number of halogens is 1. The summed E-state index contributed by atoms with van der Waals surface area (Å²) in [6, 6.07) is 28.3. The third-order valence-electron chi connectivity index (χ3n) is 4.73. The fourth-order valence-electron chi connectivity index (χ4n) is 3.02. The second-order valence-electron chi connectivity index (χ2n) is 7.23. The molecule has 4 aromatic rings. The molecule has 168 valence electrons. The van der Waals surface area contributed by atoms with Gasteiger partial charge in [-0.3, -0.25) is 9.59 Å².